The Bertz CT molecular complexity index is 2090. The van der Waals surface area contributed by atoms with Gasteiger partial charge in [-0.3, -0.25) is 23.9 Å². The summed E-state index contributed by atoms with van der Waals surface area (Å²) in [6, 6.07) is 20.2. The van der Waals surface area contributed by atoms with Crippen LogP contribution in [0.2, 0.25) is 5.02 Å². The number of hydrogen-bond donors (Lipinski definition) is 2. The van der Waals surface area contributed by atoms with Crippen molar-refractivity contribution in [2.75, 3.05) is 33.1 Å². The fraction of sp³-hybridized carbons (Fsp3) is 0.317. The molecule has 0 saturated heterocycles. The fourth-order valence-electron chi connectivity index (χ4n) is 6.04. The van der Waals surface area contributed by atoms with Crippen LogP contribution in [0.5, 0.6) is 5.75 Å². The van der Waals surface area contributed by atoms with Gasteiger partial charge >= 0.3 is 11.9 Å². The number of nitrogens with zero attached hydrogens (tertiary/aromatic N) is 3. The second-order valence-corrected chi connectivity index (χ2v) is 13.6. The van der Waals surface area contributed by atoms with Crippen molar-refractivity contribution in [3.63, 3.8) is 0 Å². The first-order valence-electron chi connectivity index (χ1n) is 17.5. The van der Waals surface area contributed by atoms with Crippen LogP contribution in [0.3, 0.4) is 0 Å². The number of halogens is 1. The molecule has 2 amide bonds. The molecule has 288 valence electrons. The maximum Gasteiger partial charge on any atom is 0.338 e. The van der Waals surface area contributed by atoms with Crippen molar-refractivity contribution in [2.24, 2.45) is 5.92 Å². The molecule has 0 radical (unpaired) electrons. The molecule has 4 aromatic rings. The summed E-state index contributed by atoms with van der Waals surface area (Å²) in [7, 11) is 4.93. The van der Waals surface area contributed by atoms with Crippen LogP contribution in [0.25, 0.3) is 11.1 Å². The molecule has 3 atom stereocenters. The van der Waals surface area contributed by atoms with Crippen molar-refractivity contribution in [1.82, 2.24) is 14.8 Å². The van der Waals surface area contributed by atoms with Crippen LogP contribution in [0.4, 0.5) is 5.69 Å². The lowest BCUT2D eigenvalue weighted by molar-refractivity contribution is -0.151. The van der Waals surface area contributed by atoms with E-state index in [-0.39, 0.29) is 30.3 Å². The molecule has 0 aliphatic rings. The van der Waals surface area contributed by atoms with Crippen LogP contribution in [0, 0.1) is 17.2 Å². The minimum absolute atomic E-state index is 0.0347. The summed E-state index contributed by atoms with van der Waals surface area (Å²) in [5.74, 6) is -2.28. The van der Waals surface area contributed by atoms with Gasteiger partial charge in [0.1, 0.15) is 25.0 Å². The average molecular weight is 770 g/mol. The molecule has 14 heteroatoms. The Labute approximate surface area is 324 Å². The zero-order valence-corrected chi connectivity index (χ0v) is 32.3. The van der Waals surface area contributed by atoms with Crippen LogP contribution < -0.4 is 20.9 Å². The monoisotopic (exact) mass is 769 g/mol. The molecule has 4 rings (SSSR count). The zero-order valence-electron chi connectivity index (χ0n) is 31.5. The standard InChI is InChI=1S/C41H44ClN5O8/c1-7-34(47-22-35(53-6)32(20-36(47)48)31-19-29(42)16-13-28(31)21-43)38(49)44-30-17-14-27(15-18-30)40(51)55-24-33(45-39(50)37(25(2)3)46(4)5)41(52)54-23-26-11-9-8-10-12-26/h8-20,22,25,33-34,37H,7,23-24H2,1-6H3,(H,44,49)(H,45,50)/t33-,34?,37-/m0/s1. The number of carbonyl (C=O) groups is 4. The van der Waals surface area contributed by atoms with Gasteiger partial charge in [-0.05, 0) is 74.5 Å². The smallest absolute Gasteiger partial charge is 0.338 e. The highest BCUT2D eigenvalue weighted by Gasteiger charge is 2.31. The maximum atomic E-state index is 13.5. The lowest BCUT2D eigenvalue weighted by Crippen LogP contribution is -2.53. The Morgan fingerprint density at radius 3 is 2.22 bits per heavy atom. The van der Waals surface area contributed by atoms with E-state index in [1.165, 1.54) is 48.2 Å². The normalized spacial score (nSPS) is 12.6. The fourth-order valence-corrected chi connectivity index (χ4v) is 6.21. The number of amides is 2. The number of pyridine rings is 1. The number of methoxy groups -OCH3 is 1. The third-order valence-electron chi connectivity index (χ3n) is 8.73. The molecule has 0 aliphatic heterocycles. The van der Waals surface area contributed by atoms with Crippen LogP contribution >= 0.6 is 11.6 Å². The van der Waals surface area contributed by atoms with E-state index in [1.807, 2.05) is 19.9 Å². The predicted molar refractivity (Wildman–Crippen MR) is 208 cm³/mol. The number of nitriles is 1. The van der Waals surface area contributed by atoms with E-state index in [0.29, 0.717) is 27.4 Å². The molecule has 1 unspecified atom stereocenters. The van der Waals surface area contributed by atoms with Gasteiger partial charge in [-0.25, -0.2) is 9.59 Å². The summed E-state index contributed by atoms with van der Waals surface area (Å²) in [5, 5.41) is 15.4. The highest BCUT2D eigenvalue weighted by atomic mass is 35.5. The average Bonchev–Trinajstić information content (AvgIpc) is 3.16. The first-order chi connectivity index (χ1) is 26.3. The Morgan fingerprint density at radius 1 is 0.927 bits per heavy atom. The first-order valence-corrected chi connectivity index (χ1v) is 17.9. The van der Waals surface area contributed by atoms with E-state index >= 15 is 0 Å². The Hall–Kier alpha value is -5.97. The van der Waals surface area contributed by atoms with Crippen molar-refractivity contribution < 1.29 is 33.4 Å². The van der Waals surface area contributed by atoms with Crippen molar-refractivity contribution in [3.8, 4) is 22.9 Å². The molecule has 0 fully saturated rings. The summed E-state index contributed by atoms with van der Waals surface area (Å²) in [5.41, 5.74) is 1.77. The number of carbonyl (C=O) groups excluding carboxylic acids is 4. The van der Waals surface area contributed by atoms with Crippen LogP contribution in [-0.2, 0) is 30.5 Å². The summed E-state index contributed by atoms with van der Waals surface area (Å²) < 4.78 is 17.7. The third-order valence-corrected chi connectivity index (χ3v) is 8.97. The van der Waals surface area contributed by atoms with Crippen molar-refractivity contribution in [2.45, 2.75) is 51.9 Å². The molecule has 0 aliphatic carbocycles. The summed E-state index contributed by atoms with van der Waals surface area (Å²) in [6.45, 7) is 4.99. The molecule has 0 bridgehead atoms. The van der Waals surface area contributed by atoms with Gasteiger partial charge in [0.05, 0.1) is 36.5 Å². The maximum absolute atomic E-state index is 13.5. The molecule has 1 heterocycles. The summed E-state index contributed by atoms with van der Waals surface area (Å²) in [6.07, 6.45) is 1.67. The Balaban J connectivity index is 1.46. The molecule has 3 aromatic carbocycles. The Kier molecular flexibility index (Phi) is 14.7. The summed E-state index contributed by atoms with van der Waals surface area (Å²) >= 11 is 6.18. The highest BCUT2D eigenvalue weighted by molar-refractivity contribution is 6.31. The number of ether oxygens (including phenoxy) is 3. The lowest BCUT2D eigenvalue weighted by atomic mass is 10.00. The van der Waals surface area contributed by atoms with E-state index in [2.05, 4.69) is 16.7 Å². The van der Waals surface area contributed by atoms with Gasteiger partial charge in [-0.1, -0.05) is 62.7 Å². The first kappa shape index (κ1) is 41.8. The number of rotatable bonds is 16. The molecule has 55 heavy (non-hydrogen) atoms. The quantitative estimate of drug-likeness (QED) is 0.137. The lowest BCUT2D eigenvalue weighted by Gasteiger charge is -2.28. The van der Waals surface area contributed by atoms with Crippen LogP contribution in [0.1, 0.15) is 54.7 Å². The number of esters is 2. The Morgan fingerprint density at radius 2 is 1.62 bits per heavy atom. The number of anilines is 1. The number of benzene rings is 3. The number of hydrogen-bond acceptors (Lipinski definition) is 10. The van der Waals surface area contributed by atoms with E-state index in [9.17, 15) is 29.2 Å². The molecular weight excluding hydrogens is 726 g/mol. The largest absolute Gasteiger partial charge is 0.495 e. The van der Waals surface area contributed by atoms with Crippen LogP contribution in [0.15, 0.2) is 89.9 Å². The predicted octanol–water partition coefficient (Wildman–Crippen LogP) is 5.61. The highest BCUT2D eigenvalue weighted by Crippen LogP contribution is 2.33. The topological polar surface area (TPSA) is 169 Å². The van der Waals surface area contributed by atoms with Gasteiger partial charge in [0.2, 0.25) is 11.8 Å². The van der Waals surface area contributed by atoms with Gasteiger partial charge in [-0.2, -0.15) is 5.26 Å². The van der Waals surface area contributed by atoms with Crippen LogP contribution in [-0.4, -0.2) is 73.1 Å². The molecule has 0 saturated carbocycles. The second kappa shape index (κ2) is 19.4. The zero-order chi connectivity index (χ0) is 40.2. The second-order valence-electron chi connectivity index (χ2n) is 13.2. The van der Waals surface area contributed by atoms with E-state index in [4.69, 9.17) is 25.8 Å². The molecule has 1 aromatic heterocycles. The van der Waals surface area contributed by atoms with E-state index < -0.39 is 54.0 Å². The van der Waals surface area contributed by atoms with E-state index in [1.54, 1.807) is 68.4 Å². The van der Waals surface area contributed by atoms with Gasteiger partial charge in [-0.15, -0.1) is 0 Å². The molecular formula is C41H44ClN5O8. The van der Waals surface area contributed by atoms with Crippen molar-refractivity contribution >= 4 is 41.0 Å². The SMILES string of the molecule is CCC(C(=O)Nc1ccc(C(=O)OC[C@H](NC(=O)[C@H](C(C)C)N(C)C)C(=O)OCc2ccccc2)cc1)n1cc(OC)c(-c2cc(Cl)ccc2C#N)cc1=O. The molecule has 13 nitrogen and oxygen atoms in total. The minimum atomic E-state index is -1.28. The van der Waals surface area contributed by atoms with Gasteiger partial charge in [0.15, 0.2) is 6.04 Å². The van der Waals surface area contributed by atoms with Crippen molar-refractivity contribution in [1.29, 1.82) is 5.26 Å². The summed E-state index contributed by atoms with van der Waals surface area (Å²) in [4.78, 5) is 68.0. The van der Waals surface area contributed by atoms with E-state index in [0.717, 1.165) is 5.56 Å². The van der Waals surface area contributed by atoms with Gasteiger partial charge < -0.3 is 24.8 Å². The third kappa shape index (κ3) is 10.8. The van der Waals surface area contributed by atoms with Crippen molar-refractivity contribution in [3.05, 3.63) is 117 Å². The number of aromatic nitrogens is 1. The minimum Gasteiger partial charge on any atom is -0.495 e. The van der Waals surface area contributed by atoms with Gasteiger partial charge in [0.25, 0.3) is 5.56 Å². The number of nitrogens with one attached hydrogen (secondary N) is 2. The number of likely N-dealkylation sites (N-methyl/N-ethyl adjacent to an activating group) is 1. The molecule has 0 spiro atoms. The van der Waals surface area contributed by atoms with Gasteiger partial charge in [0, 0.05) is 27.9 Å². The molecule has 2 N–H and O–H groups in total.